The normalized spacial score (nSPS) is 10.8. The van der Waals surface area contributed by atoms with Crippen molar-refractivity contribution in [2.24, 2.45) is 0 Å². The number of nitrogens with zero attached hydrogens (tertiary/aromatic N) is 1. The molecule has 0 saturated carbocycles. The van der Waals surface area contributed by atoms with E-state index >= 15 is 0 Å². The molecule has 20 heavy (non-hydrogen) atoms. The molecule has 0 saturated heterocycles. The maximum Gasteiger partial charge on any atom is 0.234 e. The maximum atomic E-state index is 11.8. The Kier molecular flexibility index (Phi) is 5.21. The van der Waals surface area contributed by atoms with Crippen LogP contribution in [0.1, 0.15) is 11.3 Å². The molecule has 1 N–H and O–H groups in total. The van der Waals surface area contributed by atoms with Crippen LogP contribution in [0.5, 0.6) is 0 Å². The first-order valence-corrected chi connectivity index (χ1v) is 6.73. The molecule has 0 fully saturated rings. The number of halogens is 1. The average Bonchev–Trinajstić information content (AvgIpc) is 2.89. The van der Waals surface area contributed by atoms with Gasteiger partial charge in [0.05, 0.1) is 19.4 Å². The number of hydrogen-bond donors (Lipinski definition) is 1. The highest BCUT2D eigenvalue weighted by atomic mass is 35.5. The minimum atomic E-state index is -0.0287. The van der Waals surface area contributed by atoms with Crippen LogP contribution in [0.4, 0.5) is 0 Å². The minimum absolute atomic E-state index is 0.0287. The first-order chi connectivity index (χ1) is 9.63. The molecule has 0 radical (unpaired) electrons. The zero-order chi connectivity index (χ0) is 14.4. The van der Waals surface area contributed by atoms with E-state index in [-0.39, 0.29) is 5.91 Å². The fourth-order valence-electron chi connectivity index (χ4n) is 1.87. The summed E-state index contributed by atoms with van der Waals surface area (Å²) >= 11 is 5.89. The van der Waals surface area contributed by atoms with Gasteiger partial charge in [-0.15, -0.1) is 0 Å². The molecular formula is C15H17ClN2O2. The number of hydrogen-bond acceptors (Lipinski definition) is 3. The standard InChI is InChI=1S/C15H17ClN2O2/c1-18(10-14-6-3-7-20-14)11-15(19)17-9-12-4-2-5-13(16)8-12/h2-8H,9-11H2,1H3,(H,17,19). The van der Waals surface area contributed by atoms with Gasteiger partial charge >= 0.3 is 0 Å². The van der Waals surface area contributed by atoms with Crippen molar-refractivity contribution >= 4 is 17.5 Å². The molecule has 4 nitrogen and oxygen atoms in total. The van der Waals surface area contributed by atoms with E-state index in [9.17, 15) is 4.79 Å². The Labute approximate surface area is 123 Å². The number of rotatable bonds is 6. The summed E-state index contributed by atoms with van der Waals surface area (Å²) in [5.41, 5.74) is 0.986. The first kappa shape index (κ1) is 14.6. The fourth-order valence-corrected chi connectivity index (χ4v) is 2.09. The molecule has 0 atom stereocenters. The molecule has 0 aliphatic rings. The number of nitrogens with one attached hydrogen (secondary N) is 1. The molecule has 2 aromatic rings. The molecule has 1 amide bonds. The Balaban J connectivity index is 1.75. The second kappa shape index (κ2) is 7.12. The molecule has 0 aliphatic heterocycles. The molecule has 2 rings (SSSR count). The first-order valence-electron chi connectivity index (χ1n) is 6.35. The largest absolute Gasteiger partial charge is 0.468 e. The van der Waals surface area contributed by atoms with Crippen LogP contribution in [-0.2, 0) is 17.9 Å². The van der Waals surface area contributed by atoms with Crippen molar-refractivity contribution in [2.75, 3.05) is 13.6 Å². The average molecular weight is 293 g/mol. The van der Waals surface area contributed by atoms with E-state index in [0.29, 0.717) is 24.7 Å². The predicted molar refractivity (Wildman–Crippen MR) is 78.3 cm³/mol. The number of furan rings is 1. The molecule has 1 aromatic carbocycles. The zero-order valence-electron chi connectivity index (χ0n) is 11.3. The number of likely N-dealkylation sites (N-methyl/N-ethyl adjacent to an activating group) is 1. The van der Waals surface area contributed by atoms with Crippen LogP contribution in [0, 0.1) is 0 Å². The van der Waals surface area contributed by atoms with Gasteiger partial charge in [-0.3, -0.25) is 9.69 Å². The monoisotopic (exact) mass is 292 g/mol. The van der Waals surface area contributed by atoms with Crippen molar-refractivity contribution in [3.05, 3.63) is 59.0 Å². The maximum absolute atomic E-state index is 11.8. The van der Waals surface area contributed by atoms with Crippen LogP contribution in [0.15, 0.2) is 47.1 Å². The van der Waals surface area contributed by atoms with Gasteiger partial charge in [0.15, 0.2) is 0 Å². The molecule has 0 aliphatic carbocycles. The molecule has 1 aromatic heterocycles. The van der Waals surface area contributed by atoms with Crippen molar-refractivity contribution in [1.29, 1.82) is 0 Å². The second-order valence-electron chi connectivity index (χ2n) is 4.66. The summed E-state index contributed by atoms with van der Waals surface area (Å²) in [4.78, 5) is 13.7. The van der Waals surface area contributed by atoms with Crippen molar-refractivity contribution in [1.82, 2.24) is 10.2 Å². The van der Waals surface area contributed by atoms with Gasteiger partial charge < -0.3 is 9.73 Å². The van der Waals surface area contributed by atoms with Crippen molar-refractivity contribution in [3.63, 3.8) is 0 Å². The van der Waals surface area contributed by atoms with Gasteiger partial charge in [-0.1, -0.05) is 23.7 Å². The Morgan fingerprint density at radius 2 is 2.20 bits per heavy atom. The second-order valence-corrected chi connectivity index (χ2v) is 5.09. The smallest absolute Gasteiger partial charge is 0.234 e. The Bertz CT molecular complexity index is 555. The number of benzene rings is 1. The van der Waals surface area contributed by atoms with E-state index in [1.807, 2.05) is 48.3 Å². The van der Waals surface area contributed by atoms with Crippen LogP contribution in [0.3, 0.4) is 0 Å². The molecular weight excluding hydrogens is 276 g/mol. The lowest BCUT2D eigenvalue weighted by Gasteiger charge is -2.14. The van der Waals surface area contributed by atoms with Crippen molar-refractivity contribution in [3.8, 4) is 0 Å². The molecule has 106 valence electrons. The minimum Gasteiger partial charge on any atom is -0.468 e. The Hall–Kier alpha value is -1.78. The van der Waals surface area contributed by atoms with Crippen LogP contribution < -0.4 is 5.32 Å². The number of carbonyl (C=O) groups is 1. The molecule has 1 heterocycles. The summed E-state index contributed by atoms with van der Waals surface area (Å²) in [6, 6.07) is 11.2. The van der Waals surface area contributed by atoms with E-state index in [4.69, 9.17) is 16.0 Å². The Morgan fingerprint density at radius 1 is 1.35 bits per heavy atom. The van der Waals surface area contributed by atoms with Gasteiger partial charge in [0.1, 0.15) is 5.76 Å². The molecule has 5 heteroatoms. The lowest BCUT2D eigenvalue weighted by atomic mass is 10.2. The summed E-state index contributed by atoms with van der Waals surface area (Å²) < 4.78 is 5.24. The highest BCUT2D eigenvalue weighted by molar-refractivity contribution is 6.30. The predicted octanol–water partition coefficient (Wildman–Crippen LogP) is 2.68. The third-order valence-electron chi connectivity index (χ3n) is 2.80. The van der Waals surface area contributed by atoms with E-state index in [2.05, 4.69) is 5.32 Å². The van der Waals surface area contributed by atoms with E-state index in [1.54, 1.807) is 6.26 Å². The third-order valence-corrected chi connectivity index (χ3v) is 3.03. The van der Waals surface area contributed by atoms with Gasteiger partial charge in [-0.05, 0) is 36.9 Å². The number of amides is 1. The summed E-state index contributed by atoms with van der Waals surface area (Å²) in [5, 5.41) is 3.54. The Morgan fingerprint density at radius 3 is 2.90 bits per heavy atom. The third kappa shape index (κ3) is 4.72. The fraction of sp³-hybridized carbons (Fsp3) is 0.267. The summed E-state index contributed by atoms with van der Waals surface area (Å²) in [6.07, 6.45) is 1.63. The van der Waals surface area contributed by atoms with Gasteiger partial charge in [0.25, 0.3) is 0 Å². The topological polar surface area (TPSA) is 45.5 Å². The van der Waals surface area contributed by atoms with E-state index < -0.39 is 0 Å². The van der Waals surface area contributed by atoms with Crippen LogP contribution in [0.25, 0.3) is 0 Å². The molecule has 0 spiro atoms. The van der Waals surface area contributed by atoms with Crippen molar-refractivity contribution in [2.45, 2.75) is 13.1 Å². The van der Waals surface area contributed by atoms with Crippen LogP contribution in [-0.4, -0.2) is 24.4 Å². The summed E-state index contributed by atoms with van der Waals surface area (Å²) in [6.45, 7) is 1.41. The summed E-state index contributed by atoms with van der Waals surface area (Å²) in [7, 11) is 1.88. The molecule has 0 bridgehead atoms. The quantitative estimate of drug-likeness (QED) is 0.890. The molecule has 0 unspecified atom stereocenters. The van der Waals surface area contributed by atoms with Gasteiger partial charge in [-0.2, -0.15) is 0 Å². The summed E-state index contributed by atoms with van der Waals surface area (Å²) in [5.74, 6) is 0.814. The van der Waals surface area contributed by atoms with Crippen molar-refractivity contribution < 1.29 is 9.21 Å². The highest BCUT2D eigenvalue weighted by Gasteiger charge is 2.08. The SMILES string of the molecule is CN(CC(=O)NCc1cccc(Cl)c1)Cc1ccco1. The van der Waals surface area contributed by atoms with E-state index in [0.717, 1.165) is 11.3 Å². The lowest BCUT2D eigenvalue weighted by molar-refractivity contribution is -0.122. The van der Waals surface area contributed by atoms with Gasteiger partial charge in [-0.25, -0.2) is 0 Å². The van der Waals surface area contributed by atoms with E-state index in [1.165, 1.54) is 0 Å². The highest BCUT2D eigenvalue weighted by Crippen LogP contribution is 2.10. The number of carbonyl (C=O) groups excluding carboxylic acids is 1. The van der Waals surface area contributed by atoms with Crippen LogP contribution >= 0.6 is 11.6 Å². The van der Waals surface area contributed by atoms with Gasteiger partial charge in [0, 0.05) is 11.6 Å². The zero-order valence-corrected chi connectivity index (χ0v) is 12.1. The van der Waals surface area contributed by atoms with Crippen LogP contribution in [0.2, 0.25) is 5.02 Å². The lowest BCUT2D eigenvalue weighted by Crippen LogP contribution is -2.34. The van der Waals surface area contributed by atoms with Gasteiger partial charge in [0.2, 0.25) is 5.91 Å².